The van der Waals surface area contributed by atoms with Crippen molar-refractivity contribution in [2.75, 3.05) is 20.8 Å². The SMILES string of the molecule is COc1cc(-n2c(C(C)(C)COc3ncccn3)c(-c3ccc(C(=O)O)c(OC)c3)c3c(O)cc(F)cc32)ccc1F. The number of carbonyl (C=O) groups is 1. The Balaban J connectivity index is 1.88. The molecule has 42 heavy (non-hydrogen) atoms. The molecule has 0 aliphatic carbocycles. The number of rotatable bonds is 9. The molecule has 2 heterocycles. The Hall–Kier alpha value is -5.19. The molecule has 9 nitrogen and oxygen atoms in total. The number of hydrogen-bond donors (Lipinski definition) is 2. The second kappa shape index (κ2) is 11.0. The number of carboxylic acid groups (broad SMARTS) is 1. The molecule has 3 aromatic carbocycles. The van der Waals surface area contributed by atoms with Crippen LogP contribution in [-0.4, -0.2) is 51.5 Å². The van der Waals surface area contributed by atoms with Crippen LogP contribution in [0.3, 0.4) is 0 Å². The lowest BCUT2D eigenvalue weighted by molar-refractivity contribution is 0.0693. The Bertz CT molecular complexity index is 1800. The van der Waals surface area contributed by atoms with Gasteiger partial charge in [0, 0.05) is 46.9 Å². The first-order valence-electron chi connectivity index (χ1n) is 12.8. The molecular formula is C31H27F2N3O6. The van der Waals surface area contributed by atoms with Crippen LogP contribution in [0.1, 0.15) is 29.9 Å². The predicted octanol–water partition coefficient (Wildman–Crippen LogP) is 6.14. The van der Waals surface area contributed by atoms with Gasteiger partial charge in [0.25, 0.3) is 0 Å². The topological polar surface area (TPSA) is 116 Å². The van der Waals surface area contributed by atoms with E-state index in [1.54, 1.807) is 29.1 Å². The summed E-state index contributed by atoms with van der Waals surface area (Å²) >= 11 is 0. The zero-order chi connectivity index (χ0) is 30.2. The van der Waals surface area contributed by atoms with Crippen molar-refractivity contribution < 1.29 is 38.0 Å². The summed E-state index contributed by atoms with van der Waals surface area (Å²) in [5.74, 6) is -2.77. The third-order valence-electron chi connectivity index (χ3n) is 6.87. The number of ether oxygens (including phenoxy) is 3. The molecule has 2 aromatic heterocycles. The van der Waals surface area contributed by atoms with Crippen LogP contribution in [0.5, 0.6) is 23.3 Å². The maximum Gasteiger partial charge on any atom is 0.339 e. The maximum atomic E-state index is 14.9. The molecule has 5 aromatic rings. The average molecular weight is 576 g/mol. The number of benzene rings is 3. The van der Waals surface area contributed by atoms with Crippen molar-refractivity contribution >= 4 is 16.9 Å². The fourth-order valence-electron chi connectivity index (χ4n) is 5.04. The van der Waals surface area contributed by atoms with Gasteiger partial charge in [-0.15, -0.1) is 0 Å². The van der Waals surface area contributed by atoms with Gasteiger partial charge in [-0.05, 0) is 42.0 Å². The highest BCUT2D eigenvalue weighted by Gasteiger charge is 2.35. The van der Waals surface area contributed by atoms with Crippen LogP contribution >= 0.6 is 0 Å². The lowest BCUT2D eigenvalue weighted by Crippen LogP contribution is -2.30. The van der Waals surface area contributed by atoms with Gasteiger partial charge in [-0.1, -0.05) is 19.9 Å². The lowest BCUT2D eigenvalue weighted by atomic mass is 9.84. The lowest BCUT2D eigenvalue weighted by Gasteiger charge is -2.28. The summed E-state index contributed by atoms with van der Waals surface area (Å²) in [6.07, 6.45) is 3.08. The van der Waals surface area contributed by atoms with Crippen LogP contribution in [0.25, 0.3) is 27.7 Å². The largest absolute Gasteiger partial charge is 0.507 e. The fraction of sp³-hybridized carbons (Fsp3) is 0.194. The van der Waals surface area contributed by atoms with Gasteiger partial charge in [-0.2, -0.15) is 0 Å². The number of methoxy groups -OCH3 is 2. The number of fused-ring (bicyclic) bond motifs is 1. The summed E-state index contributed by atoms with van der Waals surface area (Å²) in [5, 5.41) is 21.1. The van der Waals surface area contributed by atoms with E-state index >= 15 is 0 Å². The molecule has 0 radical (unpaired) electrons. The second-order valence-corrected chi connectivity index (χ2v) is 10.1. The molecule has 11 heteroatoms. The fourth-order valence-corrected chi connectivity index (χ4v) is 5.04. The first kappa shape index (κ1) is 28.3. The van der Waals surface area contributed by atoms with Crippen molar-refractivity contribution in [1.82, 2.24) is 14.5 Å². The van der Waals surface area contributed by atoms with E-state index < -0.39 is 23.0 Å². The van der Waals surface area contributed by atoms with Crippen molar-refractivity contribution in [3.63, 3.8) is 0 Å². The summed E-state index contributed by atoms with van der Waals surface area (Å²) in [6.45, 7) is 3.79. The van der Waals surface area contributed by atoms with Crippen LogP contribution in [0.15, 0.2) is 67.0 Å². The monoisotopic (exact) mass is 575 g/mol. The highest BCUT2D eigenvalue weighted by molar-refractivity contribution is 6.04. The van der Waals surface area contributed by atoms with Gasteiger partial charge < -0.3 is 29.0 Å². The van der Waals surface area contributed by atoms with Gasteiger partial charge in [-0.3, -0.25) is 0 Å². The predicted molar refractivity (Wildman–Crippen MR) is 151 cm³/mol. The van der Waals surface area contributed by atoms with Gasteiger partial charge in [0.2, 0.25) is 0 Å². The van der Waals surface area contributed by atoms with Crippen LogP contribution in [-0.2, 0) is 5.41 Å². The zero-order valence-electron chi connectivity index (χ0n) is 23.2. The first-order valence-corrected chi connectivity index (χ1v) is 12.8. The Morgan fingerprint density at radius 2 is 1.69 bits per heavy atom. The van der Waals surface area contributed by atoms with E-state index in [-0.39, 0.29) is 46.3 Å². The molecule has 0 saturated heterocycles. The van der Waals surface area contributed by atoms with Crippen LogP contribution in [0, 0.1) is 11.6 Å². The van der Waals surface area contributed by atoms with E-state index in [0.29, 0.717) is 22.5 Å². The molecule has 216 valence electrons. The number of halogens is 2. The molecule has 0 saturated carbocycles. The summed E-state index contributed by atoms with van der Waals surface area (Å²) in [5.41, 5.74) is 1.21. The minimum absolute atomic E-state index is 0.0340. The van der Waals surface area contributed by atoms with E-state index in [1.807, 2.05) is 13.8 Å². The smallest absolute Gasteiger partial charge is 0.339 e. The number of phenols is 1. The van der Waals surface area contributed by atoms with Crippen molar-refractivity contribution in [1.29, 1.82) is 0 Å². The van der Waals surface area contributed by atoms with E-state index in [0.717, 1.165) is 6.07 Å². The molecule has 0 amide bonds. The molecule has 0 atom stereocenters. The molecule has 0 aliphatic heterocycles. The summed E-state index contributed by atoms with van der Waals surface area (Å²) < 4.78 is 47.7. The number of nitrogens with zero attached hydrogens (tertiary/aromatic N) is 3. The van der Waals surface area contributed by atoms with Gasteiger partial charge in [0.15, 0.2) is 11.6 Å². The van der Waals surface area contributed by atoms with E-state index in [1.165, 1.54) is 50.6 Å². The Morgan fingerprint density at radius 3 is 2.36 bits per heavy atom. The first-order chi connectivity index (χ1) is 20.1. The summed E-state index contributed by atoms with van der Waals surface area (Å²) in [6, 6.07) is 12.8. The van der Waals surface area contributed by atoms with Crippen molar-refractivity contribution in [3.8, 4) is 40.1 Å². The maximum absolute atomic E-state index is 14.9. The minimum Gasteiger partial charge on any atom is -0.507 e. The van der Waals surface area contributed by atoms with Gasteiger partial charge in [-0.25, -0.2) is 23.5 Å². The molecule has 0 spiro atoms. The number of carboxylic acids is 1. The van der Waals surface area contributed by atoms with Crippen molar-refractivity contribution in [3.05, 3.63) is 89.9 Å². The van der Waals surface area contributed by atoms with Crippen LogP contribution < -0.4 is 14.2 Å². The minimum atomic E-state index is -1.18. The molecule has 0 aliphatic rings. The zero-order valence-corrected chi connectivity index (χ0v) is 23.2. The average Bonchev–Trinajstić information content (AvgIpc) is 3.33. The molecule has 0 unspecified atom stereocenters. The van der Waals surface area contributed by atoms with E-state index in [2.05, 4.69) is 9.97 Å². The highest BCUT2D eigenvalue weighted by atomic mass is 19.1. The standard InChI is InChI=1S/C31H27F2N3O6/c1-31(2,16-42-30-34-10-5-11-35-30)28-26(17-6-8-20(29(38)39)24(12-17)40-3)27-22(13-18(32)14-23(27)37)36(28)19-7-9-21(33)25(15-19)41-4/h5-15,37H,16H2,1-4H3,(H,38,39). The van der Waals surface area contributed by atoms with Gasteiger partial charge in [0.05, 0.1) is 25.1 Å². The molecule has 0 fully saturated rings. The number of aromatic carboxylic acids is 1. The van der Waals surface area contributed by atoms with Crippen molar-refractivity contribution in [2.24, 2.45) is 0 Å². The van der Waals surface area contributed by atoms with E-state index in [9.17, 15) is 23.8 Å². The Kier molecular flexibility index (Phi) is 7.42. The van der Waals surface area contributed by atoms with Crippen LogP contribution in [0.2, 0.25) is 0 Å². The number of aromatic hydroxyl groups is 1. The van der Waals surface area contributed by atoms with Gasteiger partial charge in [0.1, 0.15) is 29.5 Å². The van der Waals surface area contributed by atoms with E-state index in [4.69, 9.17) is 14.2 Å². The summed E-state index contributed by atoms with van der Waals surface area (Å²) in [4.78, 5) is 20.1. The number of phenolic OH excluding ortho intramolecular Hbond substituents is 1. The molecule has 0 bridgehead atoms. The van der Waals surface area contributed by atoms with Crippen molar-refractivity contribution in [2.45, 2.75) is 19.3 Å². The molecule has 2 N–H and O–H groups in total. The third-order valence-corrected chi connectivity index (χ3v) is 6.87. The Morgan fingerprint density at radius 1 is 0.976 bits per heavy atom. The number of hydrogen-bond acceptors (Lipinski definition) is 7. The van der Waals surface area contributed by atoms with Crippen LogP contribution in [0.4, 0.5) is 8.78 Å². The Labute approximate surface area is 239 Å². The van der Waals surface area contributed by atoms with Gasteiger partial charge >= 0.3 is 12.0 Å². The highest BCUT2D eigenvalue weighted by Crippen LogP contribution is 2.47. The summed E-state index contributed by atoms with van der Waals surface area (Å²) in [7, 11) is 2.69. The second-order valence-electron chi connectivity index (χ2n) is 10.1. The quantitative estimate of drug-likeness (QED) is 0.215. The molecular weight excluding hydrogens is 548 g/mol. The normalized spacial score (nSPS) is 11.5. The third kappa shape index (κ3) is 5.05. The molecule has 5 rings (SSSR count). The number of aromatic nitrogens is 3.